The summed E-state index contributed by atoms with van der Waals surface area (Å²) in [6.07, 6.45) is 4.51. The lowest BCUT2D eigenvalue weighted by molar-refractivity contribution is -0.129. The Balaban J connectivity index is 1.98. The summed E-state index contributed by atoms with van der Waals surface area (Å²) in [5.74, 6) is 0.447. The number of hydrogen-bond acceptors (Lipinski definition) is 3. The van der Waals surface area contributed by atoms with Gasteiger partial charge in [0.2, 0.25) is 0 Å². The molecule has 0 aromatic rings. The van der Waals surface area contributed by atoms with E-state index in [-0.39, 0.29) is 23.8 Å². The molecular weight excluding hydrogens is 230 g/mol. The Morgan fingerprint density at radius 2 is 1.78 bits per heavy atom. The van der Waals surface area contributed by atoms with Gasteiger partial charge in [-0.15, -0.1) is 0 Å². The highest BCUT2D eigenvalue weighted by Crippen LogP contribution is 2.32. The molecular formula is C14H23NO3. The fraction of sp³-hybridized carbons (Fsp3) is 0.857. The van der Waals surface area contributed by atoms with Crippen molar-refractivity contribution in [3.8, 4) is 0 Å². The minimum Gasteiger partial charge on any atom is -0.444 e. The molecule has 0 aromatic carbocycles. The molecule has 2 aliphatic rings. The van der Waals surface area contributed by atoms with E-state index in [0.29, 0.717) is 6.54 Å². The fourth-order valence-electron chi connectivity index (χ4n) is 2.57. The summed E-state index contributed by atoms with van der Waals surface area (Å²) in [4.78, 5) is 25.9. The van der Waals surface area contributed by atoms with Gasteiger partial charge in [-0.2, -0.15) is 0 Å². The number of rotatable bonds is 2. The van der Waals surface area contributed by atoms with Crippen molar-refractivity contribution in [2.75, 3.05) is 6.54 Å². The lowest BCUT2D eigenvalue weighted by Gasteiger charge is -2.32. The molecule has 102 valence electrons. The second kappa shape index (κ2) is 4.90. The molecule has 18 heavy (non-hydrogen) atoms. The zero-order valence-electron chi connectivity index (χ0n) is 11.6. The van der Waals surface area contributed by atoms with Gasteiger partial charge < -0.3 is 4.74 Å². The van der Waals surface area contributed by atoms with E-state index in [9.17, 15) is 9.59 Å². The quantitative estimate of drug-likeness (QED) is 0.760. The first-order valence-corrected chi connectivity index (χ1v) is 6.92. The normalized spacial score (nSPS) is 24.8. The number of ether oxygens (including phenoxy) is 1. The van der Waals surface area contributed by atoms with Crippen LogP contribution in [0.1, 0.15) is 52.9 Å². The third-order valence-electron chi connectivity index (χ3n) is 3.72. The number of carbonyl (C=O) groups is 2. The van der Waals surface area contributed by atoms with Gasteiger partial charge in [-0.3, -0.25) is 9.69 Å². The molecule has 1 heterocycles. The third kappa shape index (κ3) is 2.85. The summed E-state index contributed by atoms with van der Waals surface area (Å²) in [6, 6.07) is -0.231. The van der Waals surface area contributed by atoms with Crippen molar-refractivity contribution in [2.24, 2.45) is 5.92 Å². The van der Waals surface area contributed by atoms with Crippen LogP contribution in [0.5, 0.6) is 0 Å². The van der Waals surface area contributed by atoms with Crippen LogP contribution >= 0.6 is 0 Å². The molecule has 1 amide bonds. The van der Waals surface area contributed by atoms with Crippen molar-refractivity contribution in [1.82, 2.24) is 4.90 Å². The van der Waals surface area contributed by atoms with Crippen LogP contribution in [0.2, 0.25) is 0 Å². The van der Waals surface area contributed by atoms with Crippen LogP contribution in [0.15, 0.2) is 0 Å². The molecule has 0 spiro atoms. The van der Waals surface area contributed by atoms with Crippen LogP contribution in [0.25, 0.3) is 0 Å². The minimum absolute atomic E-state index is 0.193. The van der Waals surface area contributed by atoms with E-state index in [4.69, 9.17) is 4.74 Å². The summed E-state index contributed by atoms with van der Waals surface area (Å²) in [6.45, 7) is 6.20. The number of likely N-dealkylation sites (tertiary alicyclic amines) is 1. The first-order valence-electron chi connectivity index (χ1n) is 6.92. The first kappa shape index (κ1) is 13.4. The van der Waals surface area contributed by atoms with Gasteiger partial charge in [0.25, 0.3) is 0 Å². The van der Waals surface area contributed by atoms with Crippen LogP contribution < -0.4 is 0 Å². The molecule has 0 bridgehead atoms. The maximum Gasteiger partial charge on any atom is 0.410 e. The smallest absolute Gasteiger partial charge is 0.410 e. The number of nitrogens with zero attached hydrogens (tertiary/aromatic N) is 1. The Hall–Kier alpha value is -1.06. The second-order valence-corrected chi connectivity index (χ2v) is 6.36. The second-order valence-electron chi connectivity index (χ2n) is 6.36. The number of carbonyl (C=O) groups excluding carboxylic acids is 2. The number of ketones is 1. The van der Waals surface area contributed by atoms with Crippen molar-refractivity contribution in [1.29, 1.82) is 0 Å². The van der Waals surface area contributed by atoms with Crippen LogP contribution in [-0.4, -0.2) is 35.0 Å². The summed E-state index contributed by atoms with van der Waals surface area (Å²) < 4.78 is 5.37. The molecule has 0 aromatic heterocycles. The van der Waals surface area contributed by atoms with E-state index in [1.54, 1.807) is 4.90 Å². The SMILES string of the molecule is CC(C)(C)OC(=O)N1CCC[C@H]1C(=O)C1CCC1. The third-order valence-corrected chi connectivity index (χ3v) is 3.72. The first-order chi connectivity index (χ1) is 8.38. The largest absolute Gasteiger partial charge is 0.444 e. The molecule has 2 rings (SSSR count). The minimum atomic E-state index is -0.496. The lowest BCUT2D eigenvalue weighted by atomic mass is 9.79. The van der Waals surface area contributed by atoms with Gasteiger partial charge in [0, 0.05) is 12.5 Å². The Bertz CT molecular complexity index is 341. The van der Waals surface area contributed by atoms with Gasteiger partial charge in [-0.05, 0) is 46.5 Å². The molecule has 2 fully saturated rings. The Morgan fingerprint density at radius 1 is 1.11 bits per heavy atom. The van der Waals surface area contributed by atoms with Crippen LogP contribution in [0.4, 0.5) is 4.79 Å². The zero-order chi connectivity index (χ0) is 13.3. The van der Waals surface area contributed by atoms with Crippen molar-refractivity contribution in [3.63, 3.8) is 0 Å². The average molecular weight is 253 g/mol. The standard InChI is InChI=1S/C14H23NO3/c1-14(2,3)18-13(17)15-9-5-8-11(15)12(16)10-6-4-7-10/h10-11H,4-9H2,1-3H3/t11-/m0/s1. The van der Waals surface area contributed by atoms with Crippen molar-refractivity contribution in [2.45, 2.75) is 64.5 Å². The highest BCUT2D eigenvalue weighted by Gasteiger charge is 2.40. The molecule has 1 aliphatic carbocycles. The summed E-state index contributed by atoms with van der Waals surface area (Å²) >= 11 is 0. The van der Waals surface area contributed by atoms with Crippen LogP contribution in [0.3, 0.4) is 0 Å². The van der Waals surface area contributed by atoms with Crippen molar-refractivity contribution >= 4 is 11.9 Å². The van der Waals surface area contributed by atoms with Gasteiger partial charge >= 0.3 is 6.09 Å². The van der Waals surface area contributed by atoms with E-state index in [2.05, 4.69) is 0 Å². The predicted octanol–water partition coefficient (Wildman–Crippen LogP) is 2.76. The summed E-state index contributed by atoms with van der Waals surface area (Å²) in [7, 11) is 0. The predicted molar refractivity (Wildman–Crippen MR) is 68.3 cm³/mol. The van der Waals surface area contributed by atoms with E-state index in [1.807, 2.05) is 20.8 Å². The van der Waals surface area contributed by atoms with E-state index >= 15 is 0 Å². The zero-order valence-corrected chi connectivity index (χ0v) is 11.6. The fourth-order valence-corrected chi connectivity index (χ4v) is 2.57. The van der Waals surface area contributed by atoms with E-state index < -0.39 is 5.60 Å². The molecule has 0 unspecified atom stereocenters. The molecule has 1 saturated carbocycles. The van der Waals surface area contributed by atoms with Gasteiger partial charge in [0.1, 0.15) is 5.60 Å². The highest BCUT2D eigenvalue weighted by molar-refractivity contribution is 5.90. The molecule has 1 saturated heterocycles. The van der Waals surface area contributed by atoms with Crippen LogP contribution in [-0.2, 0) is 9.53 Å². The molecule has 4 heteroatoms. The molecule has 1 aliphatic heterocycles. The van der Waals surface area contributed by atoms with Crippen molar-refractivity contribution in [3.05, 3.63) is 0 Å². The molecule has 1 atom stereocenters. The van der Waals surface area contributed by atoms with Gasteiger partial charge in [0.15, 0.2) is 5.78 Å². The Kier molecular flexibility index (Phi) is 3.64. The van der Waals surface area contributed by atoms with E-state index in [1.165, 1.54) is 0 Å². The number of Topliss-reactive ketones (excluding diaryl/α,β-unsaturated/α-hetero) is 1. The Labute approximate surface area is 109 Å². The molecule has 0 N–H and O–H groups in total. The summed E-state index contributed by atoms with van der Waals surface area (Å²) in [5.41, 5.74) is -0.496. The summed E-state index contributed by atoms with van der Waals surface area (Å²) in [5, 5.41) is 0. The number of hydrogen-bond donors (Lipinski definition) is 0. The lowest BCUT2D eigenvalue weighted by Crippen LogP contribution is -2.46. The van der Waals surface area contributed by atoms with Crippen LogP contribution in [0, 0.1) is 5.92 Å². The monoisotopic (exact) mass is 253 g/mol. The van der Waals surface area contributed by atoms with Crippen molar-refractivity contribution < 1.29 is 14.3 Å². The maximum atomic E-state index is 12.3. The number of amides is 1. The highest BCUT2D eigenvalue weighted by atomic mass is 16.6. The topological polar surface area (TPSA) is 46.6 Å². The molecule has 0 radical (unpaired) electrons. The van der Waals surface area contributed by atoms with Gasteiger partial charge in [0.05, 0.1) is 6.04 Å². The van der Waals surface area contributed by atoms with E-state index in [0.717, 1.165) is 32.1 Å². The maximum absolute atomic E-state index is 12.3. The molecule has 4 nitrogen and oxygen atoms in total. The Morgan fingerprint density at radius 3 is 2.28 bits per heavy atom. The van der Waals surface area contributed by atoms with Gasteiger partial charge in [-0.1, -0.05) is 6.42 Å². The average Bonchev–Trinajstić information content (AvgIpc) is 2.59. The van der Waals surface area contributed by atoms with Gasteiger partial charge in [-0.25, -0.2) is 4.79 Å².